The maximum atomic E-state index is 13.6. The number of ether oxygens (including phenoxy) is 1. The number of carbonyl (C=O) groups is 1. The Bertz CT molecular complexity index is 430. The third-order valence-electron chi connectivity index (χ3n) is 2.87. The third-order valence-corrected chi connectivity index (χ3v) is 2.87. The van der Waals surface area contributed by atoms with E-state index in [1.165, 1.54) is 20.1 Å². The molecule has 0 fully saturated rings. The Hall–Kier alpha value is -1.42. The van der Waals surface area contributed by atoms with Crippen LogP contribution < -0.4 is 10.1 Å². The monoisotopic (exact) mass is 253 g/mol. The van der Waals surface area contributed by atoms with E-state index < -0.39 is 0 Å². The van der Waals surface area contributed by atoms with Crippen LogP contribution >= 0.6 is 0 Å². The number of Topliss-reactive ketones (excluding diaryl/α,β-unsaturated/α-hetero) is 1. The molecule has 1 aromatic carbocycles. The maximum absolute atomic E-state index is 13.6. The number of benzene rings is 1. The van der Waals surface area contributed by atoms with Gasteiger partial charge in [-0.15, -0.1) is 0 Å². The highest BCUT2D eigenvalue weighted by atomic mass is 19.1. The lowest BCUT2D eigenvalue weighted by molar-refractivity contribution is -0.116. The summed E-state index contributed by atoms with van der Waals surface area (Å²) in [5.74, 6) is -0.0346. The summed E-state index contributed by atoms with van der Waals surface area (Å²) in [6.45, 7) is 6.48. The van der Waals surface area contributed by atoms with Gasteiger partial charge < -0.3 is 10.1 Å². The number of rotatable bonds is 6. The maximum Gasteiger partial charge on any atom is 0.165 e. The fourth-order valence-corrected chi connectivity index (χ4v) is 1.74. The van der Waals surface area contributed by atoms with Gasteiger partial charge in [-0.25, -0.2) is 4.39 Å². The summed E-state index contributed by atoms with van der Waals surface area (Å²) in [6, 6.07) is 4.95. The van der Waals surface area contributed by atoms with Crippen LogP contribution in [0.5, 0.6) is 5.75 Å². The van der Waals surface area contributed by atoms with E-state index in [9.17, 15) is 9.18 Å². The number of halogens is 1. The van der Waals surface area contributed by atoms with Crippen molar-refractivity contribution in [1.29, 1.82) is 0 Å². The highest BCUT2D eigenvalue weighted by molar-refractivity contribution is 5.77. The molecule has 1 rings (SSSR count). The number of ketones is 1. The zero-order chi connectivity index (χ0) is 13.8. The summed E-state index contributed by atoms with van der Waals surface area (Å²) >= 11 is 0. The van der Waals surface area contributed by atoms with Gasteiger partial charge in [0.05, 0.1) is 13.7 Å². The molecule has 0 aliphatic rings. The van der Waals surface area contributed by atoms with Gasteiger partial charge in [0.1, 0.15) is 5.78 Å². The van der Waals surface area contributed by atoms with E-state index in [1.807, 2.05) is 19.9 Å². The molecule has 0 aliphatic heterocycles. The first-order valence-corrected chi connectivity index (χ1v) is 5.91. The topological polar surface area (TPSA) is 38.3 Å². The molecule has 0 saturated heterocycles. The van der Waals surface area contributed by atoms with Crippen LogP contribution in [0.3, 0.4) is 0 Å². The standard InChI is InChI=1S/C14H20FNO2/c1-10(17)8-16-9-14(2,3)11-5-6-13(18-4)12(15)7-11/h5-7,16H,8-9H2,1-4H3. The van der Waals surface area contributed by atoms with Gasteiger partial charge in [-0.2, -0.15) is 0 Å². The molecular weight excluding hydrogens is 233 g/mol. The molecule has 0 heterocycles. The quantitative estimate of drug-likeness (QED) is 0.845. The van der Waals surface area contributed by atoms with Gasteiger partial charge >= 0.3 is 0 Å². The Morgan fingerprint density at radius 1 is 1.44 bits per heavy atom. The Kier molecular flexibility index (Phi) is 4.84. The zero-order valence-corrected chi connectivity index (χ0v) is 11.3. The Morgan fingerprint density at radius 3 is 2.61 bits per heavy atom. The van der Waals surface area contributed by atoms with Crippen molar-refractivity contribution < 1.29 is 13.9 Å². The molecule has 0 aliphatic carbocycles. The van der Waals surface area contributed by atoms with Crippen molar-refractivity contribution >= 4 is 5.78 Å². The highest BCUT2D eigenvalue weighted by Crippen LogP contribution is 2.26. The lowest BCUT2D eigenvalue weighted by atomic mass is 9.84. The van der Waals surface area contributed by atoms with E-state index in [1.54, 1.807) is 6.07 Å². The number of methoxy groups -OCH3 is 1. The molecule has 18 heavy (non-hydrogen) atoms. The van der Waals surface area contributed by atoms with Gasteiger partial charge in [-0.1, -0.05) is 19.9 Å². The molecule has 1 N–H and O–H groups in total. The summed E-state index contributed by atoms with van der Waals surface area (Å²) in [5.41, 5.74) is 0.625. The van der Waals surface area contributed by atoms with E-state index in [2.05, 4.69) is 5.32 Å². The van der Waals surface area contributed by atoms with Crippen LogP contribution in [-0.2, 0) is 10.2 Å². The molecule has 0 atom stereocenters. The third kappa shape index (κ3) is 3.81. The first-order valence-electron chi connectivity index (χ1n) is 5.91. The Balaban J connectivity index is 2.77. The van der Waals surface area contributed by atoms with E-state index in [4.69, 9.17) is 4.74 Å². The SMILES string of the molecule is COc1ccc(C(C)(C)CNCC(C)=O)cc1F. The normalized spacial score (nSPS) is 11.4. The summed E-state index contributed by atoms with van der Waals surface area (Å²) in [7, 11) is 1.44. The summed E-state index contributed by atoms with van der Waals surface area (Å²) in [4.78, 5) is 10.9. The van der Waals surface area contributed by atoms with Crippen LogP contribution in [-0.4, -0.2) is 26.0 Å². The van der Waals surface area contributed by atoms with Crippen LogP contribution in [0.4, 0.5) is 4.39 Å². The van der Waals surface area contributed by atoms with Gasteiger partial charge in [0.2, 0.25) is 0 Å². The zero-order valence-electron chi connectivity index (χ0n) is 11.3. The van der Waals surface area contributed by atoms with Crippen molar-refractivity contribution in [2.75, 3.05) is 20.2 Å². The molecule has 100 valence electrons. The number of nitrogens with one attached hydrogen (secondary N) is 1. The van der Waals surface area contributed by atoms with Crippen molar-refractivity contribution in [2.24, 2.45) is 0 Å². The van der Waals surface area contributed by atoms with Gasteiger partial charge in [-0.05, 0) is 24.6 Å². The fourth-order valence-electron chi connectivity index (χ4n) is 1.74. The Labute approximate surface area is 107 Å². The molecule has 0 bridgehead atoms. The number of carbonyl (C=O) groups excluding carboxylic acids is 1. The van der Waals surface area contributed by atoms with Gasteiger partial charge in [-0.3, -0.25) is 4.79 Å². The highest BCUT2D eigenvalue weighted by Gasteiger charge is 2.21. The minimum atomic E-state index is -0.366. The van der Waals surface area contributed by atoms with Crippen LogP contribution in [0.2, 0.25) is 0 Å². The number of hydrogen-bond donors (Lipinski definition) is 1. The van der Waals surface area contributed by atoms with Crippen molar-refractivity contribution in [2.45, 2.75) is 26.2 Å². The average Bonchev–Trinajstić information content (AvgIpc) is 2.28. The first-order chi connectivity index (χ1) is 8.36. The van der Waals surface area contributed by atoms with E-state index in [-0.39, 0.29) is 22.8 Å². The minimum absolute atomic E-state index is 0.0895. The van der Waals surface area contributed by atoms with Gasteiger partial charge in [0, 0.05) is 12.0 Å². The largest absolute Gasteiger partial charge is 0.494 e. The van der Waals surface area contributed by atoms with Crippen molar-refractivity contribution in [3.63, 3.8) is 0 Å². The predicted octanol–water partition coefficient (Wildman–Crippen LogP) is 2.29. The van der Waals surface area contributed by atoms with Crippen molar-refractivity contribution in [3.8, 4) is 5.75 Å². The second-order valence-corrected chi connectivity index (χ2v) is 5.04. The Morgan fingerprint density at radius 2 is 2.11 bits per heavy atom. The van der Waals surface area contributed by atoms with Crippen LogP contribution in [0.25, 0.3) is 0 Å². The fraction of sp³-hybridized carbons (Fsp3) is 0.500. The summed E-state index contributed by atoms with van der Waals surface area (Å²) in [6.07, 6.45) is 0. The van der Waals surface area contributed by atoms with E-state index >= 15 is 0 Å². The molecule has 0 aromatic heterocycles. The first kappa shape index (κ1) is 14.6. The van der Waals surface area contributed by atoms with Crippen molar-refractivity contribution in [1.82, 2.24) is 5.32 Å². The smallest absolute Gasteiger partial charge is 0.165 e. The minimum Gasteiger partial charge on any atom is -0.494 e. The number of hydrogen-bond acceptors (Lipinski definition) is 3. The van der Waals surface area contributed by atoms with Gasteiger partial charge in [0.15, 0.2) is 11.6 Å². The molecule has 0 saturated carbocycles. The molecule has 0 amide bonds. The predicted molar refractivity (Wildman–Crippen MR) is 69.5 cm³/mol. The molecular formula is C14H20FNO2. The summed E-state index contributed by atoms with van der Waals surface area (Å²) in [5, 5.41) is 3.07. The van der Waals surface area contributed by atoms with Crippen LogP contribution in [0.15, 0.2) is 18.2 Å². The van der Waals surface area contributed by atoms with Crippen LogP contribution in [0, 0.1) is 5.82 Å². The van der Waals surface area contributed by atoms with E-state index in [0.717, 1.165) is 5.56 Å². The molecule has 0 unspecified atom stereocenters. The van der Waals surface area contributed by atoms with Crippen molar-refractivity contribution in [3.05, 3.63) is 29.6 Å². The lowest BCUT2D eigenvalue weighted by Gasteiger charge is -2.26. The van der Waals surface area contributed by atoms with Gasteiger partial charge in [0.25, 0.3) is 0 Å². The molecule has 4 heteroatoms. The van der Waals surface area contributed by atoms with Crippen LogP contribution in [0.1, 0.15) is 26.3 Å². The molecule has 0 radical (unpaired) electrons. The molecule has 0 spiro atoms. The second-order valence-electron chi connectivity index (χ2n) is 5.04. The lowest BCUT2D eigenvalue weighted by Crippen LogP contribution is -2.35. The molecule has 3 nitrogen and oxygen atoms in total. The summed E-state index contributed by atoms with van der Waals surface area (Å²) < 4.78 is 18.5. The second kappa shape index (κ2) is 5.96. The average molecular weight is 253 g/mol. The molecule has 1 aromatic rings. The van der Waals surface area contributed by atoms with E-state index in [0.29, 0.717) is 13.1 Å².